The van der Waals surface area contributed by atoms with Gasteiger partial charge in [-0.3, -0.25) is 9.89 Å². The Morgan fingerprint density at radius 1 is 0.793 bits per heavy atom. The minimum Gasteiger partial charge on any atom is -0.299 e. The Labute approximate surface area is 173 Å². The largest absolute Gasteiger partial charge is 0.299 e. The highest BCUT2D eigenvalue weighted by atomic mass is 15.1. The fourth-order valence-corrected chi connectivity index (χ4v) is 4.84. The number of benzene rings is 3. The quantitative estimate of drug-likeness (QED) is 0.556. The minimum atomic E-state index is 0.698. The van der Waals surface area contributed by atoms with Gasteiger partial charge in [-0.25, -0.2) is 0 Å². The molecule has 2 aliphatic heterocycles. The zero-order chi connectivity index (χ0) is 19.5. The Hall–Kier alpha value is -2.71. The van der Waals surface area contributed by atoms with Crippen molar-refractivity contribution in [3.63, 3.8) is 0 Å². The Morgan fingerprint density at radius 3 is 2.38 bits per heavy atom. The van der Waals surface area contributed by atoms with Crippen molar-refractivity contribution in [2.24, 2.45) is 10.9 Å². The van der Waals surface area contributed by atoms with E-state index in [9.17, 15) is 0 Å². The van der Waals surface area contributed by atoms with Crippen molar-refractivity contribution in [3.8, 4) is 0 Å². The lowest BCUT2D eigenvalue weighted by Crippen LogP contribution is -2.34. The van der Waals surface area contributed by atoms with Crippen LogP contribution in [0.4, 0.5) is 0 Å². The molecule has 146 valence electrons. The third kappa shape index (κ3) is 4.18. The lowest BCUT2D eigenvalue weighted by atomic mass is 9.85. The molecular weight excluding hydrogens is 352 g/mol. The highest BCUT2D eigenvalue weighted by Crippen LogP contribution is 2.31. The first-order chi connectivity index (χ1) is 14.3. The van der Waals surface area contributed by atoms with Crippen LogP contribution in [0.1, 0.15) is 24.0 Å². The predicted molar refractivity (Wildman–Crippen MR) is 122 cm³/mol. The molecule has 2 aliphatic rings. The van der Waals surface area contributed by atoms with Gasteiger partial charge in [0.15, 0.2) is 0 Å². The topological polar surface area (TPSA) is 15.6 Å². The number of aliphatic imine (C=N–C) groups is 1. The second-order valence-corrected chi connectivity index (χ2v) is 8.41. The van der Waals surface area contributed by atoms with E-state index in [1.54, 1.807) is 5.57 Å². The van der Waals surface area contributed by atoms with Crippen LogP contribution in [0.15, 0.2) is 88.9 Å². The van der Waals surface area contributed by atoms with Crippen molar-refractivity contribution in [1.82, 2.24) is 4.90 Å². The molecule has 1 fully saturated rings. The summed E-state index contributed by atoms with van der Waals surface area (Å²) in [5.74, 6) is 0.698. The number of rotatable bonds is 5. The van der Waals surface area contributed by atoms with E-state index in [1.165, 1.54) is 53.4 Å². The molecule has 3 aromatic carbocycles. The molecule has 0 aromatic heterocycles. The highest BCUT2D eigenvalue weighted by Gasteiger charge is 2.25. The van der Waals surface area contributed by atoms with Gasteiger partial charge in [-0.1, -0.05) is 66.7 Å². The van der Waals surface area contributed by atoms with Crippen LogP contribution in [-0.4, -0.2) is 30.7 Å². The summed E-state index contributed by atoms with van der Waals surface area (Å²) in [6.07, 6.45) is 5.66. The molecule has 0 N–H and O–H groups in total. The fraction of sp³-hybridized carbons (Fsp3) is 0.296. The maximum absolute atomic E-state index is 4.62. The molecule has 1 saturated heterocycles. The summed E-state index contributed by atoms with van der Waals surface area (Å²) in [5, 5.41) is 2.67. The zero-order valence-corrected chi connectivity index (χ0v) is 16.9. The van der Waals surface area contributed by atoms with Gasteiger partial charge >= 0.3 is 0 Å². The van der Waals surface area contributed by atoms with Crippen LogP contribution in [-0.2, 0) is 13.0 Å². The molecule has 29 heavy (non-hydrogen) atoms. The number of fused-ring (bicyclic) bond motifs is 1. The van der Waals surface area contributed by atoms with Gasteiger partial charge in [0.2, 0.25) is 0 Å². The van der Waals surface area contributed by atoms with E-state index in [2.05, 4.69) is 88.9 Å². The molecule has 0 spiro atoms. The summed E-state index contributed by atoms with van der Waals surface area (Å²) in [6.45, 7) is 4.33. The van der Waals surface area contributed by atoms with E-state index in [1.807, 2.05) is 0 Å². The lowest BCUT2D eigenvalue weighted by Gasteiger charge is -2.33. The first kappa shape index (κ1) is 18.3. The maximum atomic E-state index is 4.62. The number of likely N-dealkylation sites (tertiary alicyclic amines) is 1. The molecule has 0 saturated carbocycles. The van der Waals surface area contributed by atoms with Gasteiger partial charge < -0.3 is 0 Å². The van der Waals surface area contributed by atoms with Crippen LogP contribution in [0.2, 0.25) is 0 Å². The molecule has 0 atom stereocenters. The van der Waals surface area contributed by atoms with Crippen molar-refractivity contribution in [1.29, 1.82) is 0 Å². The summed E-state index contributed by atoms with van der Waals surface area (Å²) in [7, 11) is 0. The van der Waals surface area contributed by atoms with Crippen molar-refractivity contribution in [2.75, 3.05) is 19.6 Å². The van der Waals surface area contributed by atoms with Crippen LogP contribution in [0.25, 0.3) is 10.8 Å². The average Bonchev–Trinajstić information content (AvgIpc) is 3.23. The van der Waals surface area contributed by atoms with Crippen LogP contribution in [0, 0.1) is 5.92 Å². The molecule has 0 unspecified atom stereocenters. The second-order valence-electron chi connectivity index (χ2n) is 8.41. The van der Waals surface area contributed by atoms with Gasteiger partial charge in [0.25, 0.3) is 0 Å². The molecule has 0 radical (unpaired) electrons. The van der Waals surface area contributed by atoms with E-state index in [0.29, 0.717) is 5.92 Å². The summed E-state index contributed by atoms with van der Waals surface area (Å²) in [5.41, 5.74) is 5.88. The summed E-state index contributed by atoms with van der Waals surface area (Å²) < 4.78 is 0. The Bertz CT molecular complexity index is 1040. The summed E-state index contributed by atoms with van der Waals surface area (Å²) >= 11 is 0. The molecular formula is C27H28N2. The van der Waals surface area contributed by atoms with Crippen LogP contribution in [0.5, 0.6) is 0 Å². The molecule has 2 nitrogen and oxygen atoms in total. The Morgan fingerprint density at radius 2 is 1.55 bits per heavy atom. The third-order valence-electron chi connectivity index (χ3n) is 6.46. The predicted octanol–water partition coefficient (Wildman–Crippen LogP) is 5.68. The number of hydrogen-bond acceptors (Lipinski definition) is 2. The fourth-order valence-electron chi connectivity index (χ4n) is 4.84. The van der Waals surface area contributed by atoms with E-state index >= 15 is 0 Å². The van der Waals surface area contributed by atoms with Gasteiger partial charge in [-0.15, -0.1) is 0 Å². The third-order valence-corrected chi connectivity index (χ3v) is 6.46. The van der Waals surface area contributed by atoms with Gasteiger partial charge in [0.05, 0.1) is 6.54 Å². The van der Waals surface area contributed by atoms with Crippen molar-refractivity contribution >= 4 is 17.0 Å². The van der Waals surface area contributed by atoms with Crippen LogP contribution in [0.3, 0.4) is 0 Å². The Balaban J connectivity index is 1.22. The van der Waals surface area contributed by atoms with Crippen molar-refractivity contribution < 1.29 is 0 Å². The summed E-state index contributed by atoms with van der Waals surface area (Å²) in [6, 6.07) is 26.3. The standard InChI is InChI=1S/C27H28N2/c1-2-6-21(7-3-1)16-26-18-28-19-27(26)24-12-14-29(15-13-24)20-22-10-11-23-8-4-5-9-25(23)17-22/h1-11,17-18,24H,12-16,19-20H2. The first-order valence-electron chi connectivity index (χ1n) is 10.8. The van der Waals surface area contributed by atoms with Gasteiger partial charge in [0, 0.05) is 12.8 Å². The monoisotopic (exact) mass is 380 g/mol. The maximum Gasteiger partial charge on any atom is 0.0608 e. The number of allylic oxidation sites excluding steroid dienone is 1. The molecule has 0 amide bonds. The molecule has 2 heterocycles. The smallest absolute Gasteiger partial charge is 0.0608 e. The van der Waals surface area contributed by atoms with Crippen LogP contribution >= 0.6 is 0 Å². The number of piperidine rings is 1. The molecule has 0 aliphatic carbocycles. The van der Waals surface area contributed by atoms with Crippen LogP contribution < -0.4 is 0 Å². The van der Waals surface area contributed by atoms with Crippen molar-refractivity contribution in [3.05, 3.63) is 95.1 Å². The van der Waals surface area contributed by atoms with E-state index < -0.39 is 0 Å². The van der Waals surface area contributed by atoms with E-state index in [0.717, 1.165) is 19.5 Å². The Kier molecular flexibility index (Phi) is 5.27. The first-order valence-corrected chi connectivity index (χ1v) is 10.8. The molecule has 5 rings (SSSR count). The second kappa shape index (κ2) is 8.34. The molecule has 3 aromatic rings. The van der Waals surface area contributed by atoms with Gasteiger partial charge in [-0.2, -0.15) is 0 Å². The van der Waals surface area contributed by atoms with Crippen molar-refractivity contribution in [2.45, 2.75) is 25.8 Å². The number of hydrogen-bond donors (Lipinski definition) is 0. The highest BCUT2D eigenvalue weighted by molar-refractivity contribution is 5.83. The zero-order valence-electron chi connectivity index (χ0n) is 16.9. The number of nitrogens with zero attached hydrogens (tertiary/aromatic N) is 2. The van der Waals surface area contributed by atoms with E-state index in [-0.39, 0.29) is 0 Å². The molecule has 2 heteroatoms. The summed E-state index contributed by atoms with van der Waals surface area (Å²) in [4.78, 5) is 7.24. The average molecular weight is 381 g/mol. The normalized spacial score (nSPS) is 18.1. The van der Waals surface area contributed by atoms with E-state index in [4.69, 9.17) is 0 Å². The van der Waals surface area contributed by atoms with Gasteiger partial charge in [-0.05, 0) is 77.4 Å². The lowest BCUT2D eigenvalue weighted by molar-refractivity contribution is 0.191. The minimum absolute atomic E-state index is 0.698. The SMILES string of the molecule is C1=NCC(C2CCN(Cc3ccc4ccccc4c3)CC2)=C1Cc1ccccc1. The molecule has 0 bridgehead atoms. The van der Waals surface area contributed by atoms with Gasteiger partial charge in [0.1, 0.15) is 0 Å².